The van der Waals surface area contributed by atoms with Gasteiger partial charge in [-0.1, -0.05) is 12.1 Å². The van der Waals surface area contributed by atoms with Crippen LogP contribution in [0.4, 0.5) is 11.5 Å². The van der Waals surface area contributed by atoms with Gasteiger partial charge in [-0.2, -0.15) is 0 Å². The molecule has 0 aliphatic rings. The molecule has 1 amide bonds. The minimum atomic E-state index is -0.190. The summed E-state index contributed by atoms with van der Waals surface area (Å²) in [6.07, 6.45) is 2.47. The number of anilines is 2. The first-order valence-electron chi connectivity index (χ1n) is 6.95. The molecular weight excluding hydrogens is 346 g/mol. The topological polar surface area (TPSA) is 63.2 Å². The maximum Gasteiger partial charge on any atom is 0.257 e. The van der Waals surface area contributed by atoms with Gasteiger partial charge in [0.1, 0.15) is 5.82 Å². The van der Waals surface area contributed by atoms with Crippen LogP contribution in [0.5, 0.6) is 0 Å². The molecule has 0 saturated heterocycles. The van der Waals surface area contributed by atoms with Crippen molar-refractivity contribution in [1.82, 2.24) is 4.98 Å². The van der Waals surface area contributed by atoms with Gasteiger partial charge in [-0.3, -0.25) is 4.79 Å². The fraction of sp³-hybridized carbons (Fsp3) is 0.250. The van der Waals surface area contributed by atoms with E-state index in [0.717, 1.165) is 28.9 Å². The Bertz CT molecular complexity index is 617. The molecule has 0 saturated carbocycles. The number of hydrogen-bond donors (Lipinski definition) is 2. The van der Waals surface area contributed by atoms with Crippen molar-refractivity contribution in [3.05, 3.63) is 52.6 Å². The van der Waals surface area contributed by atoms with Gasteiger partial charge < -0.3 is 15.4 Å². The third kappa shape index (κ3) is 4.82. The van der Waals surface area contributed by atoms with Crippen LogP contribution >= 0.6 is 15.9 Å². The van der Waals surface area contributed by atoms with Gasteiger partial charge >= 0.3 is 0 Å². The van der Waals surface area contributed by atoms with E-state index >= 15 is 0 Å². The number of halogens is 1. The number of carbonyl (C=O) groups is 1. The van der Waals surface area contributed by atoms with Gasteiger partial charge in [-0.05, 0) is 46.6 Å². The molecule has 1 heterocycles. The maximum absolute atomic E-state index is 12.2. The summed E-state index contributed by atoms with van der Waals surface area (Å²) in [7, 11) is 1.68. The van der Waals surface area contributed by atoms with Crippen LogP contribution in [0.25, 0.3) is 0 Å². The predicted molar refractivity (Wildman–Crippen MR) is 91.3 cm³/mol. The molecule has 0 bridgehead atoms. The summed E-state index contributed by atoms with van der Waals surface area (Å²) in [5.74, 6) is 0.555. The van der Waals surface area contributed by atoms with E-state index in [4.69, 9.17) is 4.74 Å². The van der Waals surface area contributed by atoms with Gasteiger partial charge in [-0.25, -0.2) is 4.98 Å². The van der Waals surface area contributed by atoms with Crippen molar-refractivity contribution in [2.75, 3.05) is 30.9 Å². The number of nitrogens with zero attached hydrogens (tertiary/aromatic N) is 1. The Balaban J connectivity index is 1.92. The minimum Gasteiger partial charge on any atom is -0.385 e. The zero-order chi connectivity index (χ0) is 15.8. The lowest BCUT2D eigenvalue weighted by Gasteiger charge is -2.08. The monoisotopic (exact) mass is 363 g/mol. The number of methoxy groups -OCH3 is 1. The highest BCUT2D eigenvalue weighted by atomic mass is 79.9. The van der Waals surface area contributed by atoms with Gasteiger partial charge in [0.05, 0.1) is 11.3 Å². The van der Waals surface area contributed by atoms with Gasteiger partial charge in [0.15, 0.2) is 0 Å². The fourth-order valence-electron chi connectivity index (χ4n) is 1.82. The van der Waals surface area contributed by atoms with Crippen LogP contribution in [0.1, 0.15) is 16.8 Å². The van der Waals surface area contributed by atoms with Gasteiger partial charge in [0.2, 0.25) is 0 Å². The molecule has 0 atom stereocenters. The van der Waals surface area contributed by atoms with Crippen molar-refractivity contribution < 1.29 is 9.53 Å². The van der Waals surface area contributed by atoms with Crippen LogP contribution in [-0.2, 0) is 4.74 Å². The normalized spacial score (nSPS) is 10.3. The van der Waals surface area contributed by atoms with Crippen molar-refractivity contribution in [2.45, 2.75) is 6.42 Å². The van der Waals surface area contributed by atoms with E-state index in [2.05, 4.69) is 31.5 Å². The van der Waals surface area contributed by atoms with E-state index < -0.39 is 0 Å². The Morgan fingerprint density at radius 1 is 1.27 bits per heavy atom. The molecule has 1 aromatic carbocycles. The largest absolute Gasteiger partial charge is 0.385 e. The molecule has 22 heavy (non-hydrogen) atoms. The van der Waals surface area contributed by atoms with Gasteiger partial charge in [-0.15, -0.1) is 0 Å². The standard InChI is InChI=1S/C16H18BrN3O2/c1-22-10-4-9-18-15-8-7-12(11-19-15)16(21)20-14-6-3-2-5-13(14)17/h2-3,5-8,11H,4,9-10H2,1H3,(H,18,19)(H,20,21). The summed E-state index contributed by atoms with van der Waals surface area (Å²) < 4.78 is 5.82. The van der Waals surface area contributed by atoms with Crippen LogP contribution < -0.4 is 10.6 Å². The molecule has 2 N–H and O–H groups in total. The summed E-state index contributed by atoms with van der Waals surface area (Å²) in [4.78, 5) is 16.4. The maximum atomic E-state index is 12.2. The number of aromatic nitrogens is 1. The van der Waals surface area contributed by atoms with E-state index in [-0.39, 0.29) is 5.91 Å². The highest BCUT2D eigenvalue weighted by molar-refractivity contribution is 9.10. The quantitative estimate of drug-likeness (QED) is 0.738. The molecule has 6 heteroatoms. The molecule has 0 fully saturated rings. The Hall–Kier alpha value is -1.92. The molecule has 0 spiro atoms. The van der Waals surface area contributed by atoms with E-state index in [9.17, 15) is 4.79 Å². The first-order valence-corrected chi connectivity index (χ1v) is 7.75. The van der Waals surface area contributed by atoms with Crippen molar-refractivity contribution in [2.24, 2.45) is 0 Å². The number of benzene rings is 1. The van der Waals surface area contributed by atoms with Crippen molar-refractivity contribution in [1.29, 1.82) is 0 Å². The molecule has 116 valence electrons. The molecule has 0 unspecified atom stereocenters. The van der Waals surface area contributed by atoms with Crippen LogP contribution in [0.2, 0.25) is 0 Å². The first kappa shape index (κ1) is 16.5. The Kier molecular flexibility index (Phi) is 6.36. The van der Waals surface area contributed by atoms with E-state index in [1.165, 1.54) is 0 Å². The Morgan fingerprint density at radius 3 is 2.77 bits per heavy atom. The van der Waals surface area contributed by atoms with Crippen LogP contribution in [0.3, 0.4) is 0 Å². The summed E-state index contributed by atoms with van der Waals surface area (Å²) in [6.45, 7) is 1.49. The van der Waals surface area contributed by atoms with Crippen molar-refractivity contribution >= 4 is 33.3 Å². The summed E-state index contributed by atoms with van der Waals surface area (Å²) >= 11 is 3.40. The molecule has 0 radical (unpaired) electrons. The number of hydrogen-bond acceptors (Lipinski definition) is 4. The third-order valence-electron chi connectivity index (χ3n) is 2.98. The Labute approximate surface area is 138 Å². The predicted octanol–water partition coefficient (Wildman–Crippen LogP) is 3.54. The number of amides is 1. The van der Waals surface area contributed by atoms with Crippen molar-refractivity contribution in [3.8, 4) is 0 Å². The summed E-state index contributed by atoms with van der Waals surface area (Å²) in [5, 5.41) is 6.02. The minimum absolute atomic E-state index is 0.190. The van der Waals surface area contributed by atoms with E-state index in [1.807, 2.05) is 24.3 Å². The summed E-state index contributed by atoms with van der Waals surface area (Å²) in [6, 6.07) is 11.0. The highest BCUT2D eigenvalue weighted by Crippen LogP contribution is 2.21. The molecule has 2 aromatic rings. The highest BCUT2D eigenvalue weighted by Gasteiger charge is 2.08. The molecular formula is C16H18BrN3O2. The number of carbonyl (C=O) groups excluding carboxylic acids is 1. The lowest BCUT2D eigenvalue weighted by atomic mass is 10.2. The Morgan fingerprint density at radius 2 is 2.09 bits per heavy atom. The smallest absolute Gasteiger partial charge is 0.257 e. The average molecular weight is 364 g/mol. The lowest BCUT2D eigenvalue weighted by molar-refractivity contribution is 0.102. The number of rotatable bonds is 7. The second kappa shape index (κ2) is 8.51. The third-order valence-corrected chi connectivity index (χ3v) is 3.67. The van der Waals surface area contributed by atoms with Crippen LogP contribution in [0, 0.1) is 0 Å². The summed E-state index contributed by atoms with van der Waals surface area (Å²) in [5.41, 5.74) is 1.24. The average Bonchev–Trinajstić information content (AvgIpc) is 2.54. The second-order valence-electron chi connectivity index (χ2n) is 4.64. The van der Waals surface area contributed by atoms with E-state index in [1.54, 1.807) is 25.4 Å². The second-order valence-corrected chi connectivity index (χ2v) is 5.49. The van der Waals surface area contributed by atoms with Crippen molar-refractivity contribution in [3.63, 3.8) is 0 Å². The van der Waals surface area contributed by atoms with E-state index in [0.29, 0.717) is 12.2 Å². The molecule has 1 aromatic heterocycles. The molecule has 5 nitrogen and oxygen atoms in total. The number of ether oxygens (including phenoxy) is 1. The zero-order valence-electron chi connectivity index (χ0n) is 12.3. The zero-order valence-corrected chi connectivity index (χ0v) is 13.9. The molecule has 2 rings (SSSR count). The first-order chi connectivity index (χ1) is 10.7. The number of para-hydroxylation sites is 1. The van der Waals surface area contributed by atoms with Gasteiger partial charge in [0.25, 0.3) is 5.91 Å². The van der Waals surface area contributed by atoms with Gasteiger partial charge in [0, 0.05) is 30.9 Å². The van der Waals surface area contributed by atoms with Crippen LogP contribution in [-0.4, -0.2) is 31.2 Å². The SMILES string of the molecule is COCCCNc1ccc(C(=O)Nc2ccccc2Br)cn1. The number of pyridine rings is 1. The van der Waals surface area contributed by atoms with Crippen LogP contribution in [0.15, 0.2) is 47.1 Å². The number of nitrogens with one attached hydrogen (secondary N) is 2. The molecule has 0 aliphatic heterocycles. The molecule has 0 aliphatic carbocycles. The fourth-order valence-corrected chi connectivity index (χ4v) is 2.21. The lowest BCUT2D eigenvalue weighted by Crippen LogP contribution is -2.13.